The molecule has 1 aromatic rings. The summed E-state index contributed by atoms with van der Waals surface area (Å²) in [6.45, 7) is -0.526. The molecule has 1 aliphatic rings. The predicted molar refractivity (Wildman–Crippen MR) is 59.5 cm³/mol. The fourth-order valence-corrected chi connectivity index (χ4v) is 2.24. The van der Waals surface area contributed by atoms with E-state index >= 15 is 0 Å². The number of aliphatic hydroxyl groups is 1. The maximum Gasteiger partial charge on any atom is 0.328 e. The second-order valence-corrected chi connectivity index (χ2v) is 4.64. The minimum atomic E-state index is -2.92. The number of alkyl halides is 2. The molecule has 8 heteroatoms. The van der Waals surface area contributed by atoms with Crippen molar-refractivity contribution in [3.63, 3.8) is 0 Å². The van der Waals surface area contributed by atoms with E-state index in [0.717, 1.165) is 4.57 Å². The molecule has 1 heterocycles. The van der Waals surface area contributed by atoms with Crippen LogP contribution < -0.4 is 11.2 Å². The second kappa shape index (κ2) is 4.84. The lowest BCUT2D eigenvalue weighted by Gasteiger charge is -2.03. The Hall–Kier alpha value is -1.57. The maximum absolute atomic E-state index is 13.4. The standard InChI is InChI=1S/C11H13F3N2O3/c12-8-5-16(10(19)15-9(8)18)4-7-6(2-1-3-17)11(7,13)14/h5-7,17H,1-4H2,(H,15,18,19)/t6-,7+/m0/s1. The normalized spacial score (nSPS) is 24.4. The number of nitrogens with one attached hydrogen (secondary N) is 1. The fraction of sp³-hybridized carbons (Fsp3) is 0.636. The lowest BCUT2D eigenvalue weighted by atomic mass is 10.2. The Kier molecular flexibility index (Phi) is 3.53. The number of nitrogens with zero attached hydrogens (tertiary/aromatic N) is 1. The first-order valence-corrected chi connectivity index (χ1v) is 5.86. The van der Waals surface area contributed by atoms with Gasteiger partial charge in [0.1, 0.15) is 0 Å². The number of H-pyrrole nitrogens is 1. The Morgan fingerprint density at radius 2 is 2.05 bits per heavy atom. The molecular formula is C11H13F3N2O3. The molecule has 0 saturated heterocycles. The van der Waals surface area contributed by atoms with Crippen LogP contribution in [0.4, 0.5) is 13.2 Å². The molecule has 0 spiro atoms. The van der Waals surface area contributed by atoms with Crippen molar-refractivity contribution in [2.45, 2.75) is 25.3 Å². The van der Waals surface area contributed by atoms with Crippen molar-refractivity contribution in [2.24, 2.45) is 11.8 Å². The Labute approximate surface area is 105 Å². The van der Waals surface area contributed by atoms with E-state index in [0.29, 0.717) is 6.20 Å². The molecule has 1 saturated carbocycles. The molecule has 1 fully saturated rings. The average molecular weight is 278 g/mol. The molecule has 2 rings (SSSR count). The maximum atomic E-state index is 13.4. The first-order valence-electron chi connectivity index (χ1n) is 5.86. The SMILES string of the molecule is O=c1[nH]c(=O)n(C[C@@H]2[C@H](CCCO)C2(F)F)cc1F. The van der Waals surface area contributed by atoms with Gasteiger partial charge in [-0.2, -0.15) is 4.39 Å². The number of aliphatic hydroxyl groups excluding tert-OH is 1. The topological polar surface area (TPSA) is 75.1 Å². The Morgan fingerprint density at radius 3 is 2.68 bits per heavy atom. The fourth-order valence-electron chi connectivity index (χ4n) is 2.24. The van der Waals surface area contributed by atoms with E-state index in [1.54, 1.807) is 4.98 Å². The van der Waals surface area contributed by atoms with Gasteiger partial charge in [-0.25, -0.2) is 13.6 Å². The van der Waals surface area contributed by atoms with Crippen molar-refractivity contribution in [1.82, 2.24) is 9.55 Å². The van der Waals surface area contributed by atoms with Crippen molar-refractivity contribution in [2.75, 3.05) is 6.61 Å². The van der Waals surface area contributed by atoms with Crippen LogP contribution >= 0.6 is 0 Å². The van der Waals surface area contributed by atoms with Crippen LogP contribution in [0, 0.1) is 17.7 Å². The van der Waals surface area contributed by atoms with Gasteiger partial charge in [0.05, 0.1) is 6.20 Å². The summed E-state index contributed by atoms with van der Waals surface area (Å²) in [6.07, 6.45) is 1.04. The minimum Gasteiger partial charge on any atom is -0.396 e. The van der Waals surface area contributed by atoms with Gasteiger partial charge in [-0.05, 0) is 12.8 Å². The average Bonchev–Trinajstić information content (AvgIpc) is 2.84. The van der Waals surface area contributed by atoms with Gasteiger partial charge < -0.3 is 5.11 Å². The Balaban J connectivity index is 2.13. The van der Waals surface area contributed by atoms with E-state index in [2.05, 4.69) is 0 Å². The van der Waals surface area contributed by atoms with Gasteiger partial charge >= 0.3 is 5.69 Å². The molecule has 0 aliphatic heterocycles. The molecule has 106 valence electrons. The smallest absolute Gasteiger partial charge is 0.328 e. The molecular weight excluding hydrogens is 265 g/mol. The molecule has 0 bridgehead atoms. The van der Waals surface area contributed by atoms with Crippen LogP contribution in [0.1, 0.15) is 12.8 Å². The van der Waals surface area contributed by atoms with Crippen molar-refractivity contribution < 1.29 is 18.3 Å². The van der Waals surface area contributed by atoms with Gasteiger partial charge in [-0.3, -0.25) is 14.3 Å². The minimum absolute atomic E-state index is 0.148. The summed E-state index contributed by atoms with van der Waals surface area (Å²) >= 11 is 0. The number of hydrogen-bond donors (Lipinski definition) is 2. The highest BCUT2D eigenvalue weighted by molar-refractivity contribution is 5.05. The Morgan fingerprint density at radius 1 is 1.37 bits per heavy atom. The monoisotopic (exact) mass is 278 g/mol. The van der Waals surface area contributed by atoms with E-state index < -0.39 is 34.8 Å². The Bertz CT molecular complexity index is 581. The van der Waals surface area contributed by atoms with Crippen LogP contribution in [0.3, 0.4) is 0 Å². The van der Waals surface area contributed by atoms with E-state index in [1.165, 1.54) is 0 Å². The summed E-state index contributed by atoms with van der Waals surface area (Å²) in [5.74, 6) is -6.08. The number of hydrogen-bond acceptors (Lipinski definition) is 3. The molecule has 2 N–H and O–H groups in total. The number of aromatic amines is 1. The van der Waals surface area contributed by atoms with Crippen molar-refractivity contribution in [3.8, 4) is 0 Å². The zero-order chi connectivity index (χ0) is 14.2. The molecule has 0 aromatic carbocycles. The lowest BCUT2D eigenvalue weighted by Crippen LogP contribution is -2.32. The third-order valence-electron chi connectivity index (χ3n) is 3.40. The van der Waals surface area contributed by atoms with Gasteiger partial charge in [0.2, 0.25) is 5.82 Å². The highest BCUT2D eigenvalue weighted by Gasteiger charge is 2.67. The van der Waals surface area contributed by atoms with Crippen LogP contribution in [0.15, 0.2) is 15.8 Å². The highest BCUT2D eigenvalue weighted by atomic mass is 19.3. The van der Waals surface area contributed by atoms with Gasteiger partial charge in [0, 0.05) is 25.0 Å². The van der Waals surface area contributed by atoms with Crippen molar-refractivity contribution in [1.29, 1.82) is 0 Å². The van der Waals surface area contributed by atoms with Crippen LogP contribution in [0.25, 0.3) is 0 Å². The van der Waals surface area contributed by atoms with Crippen molar-refractivity contribution >= 4 is 0 Å². The summed E-state index contributed by atoms with van der Waals surface area (Å²) in [7, 11) is 0. The van der Waals surface area contributed by atoms with E-state index in [-0.39, 0.29) is 26.0 Å². The molecule has 2 atom stereocenters. The first-order chi connectivity index (χ1) is 8.87. The quantitative estimate of drug-likeness (QED) is 0.815. The lowest BCUT2D eigenvalue weighted by molar-refractivity contribution is 0.0786. The number of rotatable bonds is 5. The summed E-state index contributed by atoms with van der Waals surface area (Å²) in [4.78, 5) is 23.9. The summed E-state index contributed by atoms with van der Waals surface area (Å²) in [5, 5.41) is 8.61. The summed E-state index contributed by atoms with van der Waals surface area (Å²) < 4.78 is 40.6. The highest BCUT2D eigenvalue weighted by Crippen LogP contribution is 2.58. The molecule has 0 unspecified atom stereocenters. The van der Waals surface area contributed by atoms with Crippen LogP contribution in [-0.4, -0.2) is 27.2 Å². The number of halogens is 3. The summed E-state index contributed by atoms with van der Waals surface area (Å²) in [5.41, 5.74) is -2.07. The largest absolute Gasteiger partial charge is 0.396 e. The second-order valence-electron chi connectivity index (χ2n) is 4.64. The first kappa shape index (κ1) is 13.9. The zero-order valence-corrected chi connectivity index (χ0v) is 9.91. The van der Waals surface area contributed by atoms with Gasteiger partial charge in [0.25, 0.3) is 11.5 Å². The van der Waals surface area contributed by atoms with Crippen LogP contribution in [0.2, 0.25) is 0 Å². The van der Waals surface area contributed by atoms with E-state index in [1.807, 2.05) is 0 Å². The third kappa shape index (κ3) is 2.58. The predicted octanol–water partition coefficient (Wildman–Crippen LogP) is 0.329. The molecule has 19 heavy (non-hydrogen) atoms. The molecule has 1 aliphatic carbocycles. The van der Waals surface area contributed by atoms with Gasteiger partial charge in [-0.15, -0.1) is 0 Å². The molecule has 1 aromatic heterocycles. The zero-order valence-electron chi connectivity index (χ0n) is 9.91. The van der Waals surface area contributed by atoms with Crippen LogP contribution in [-0.2, 0) is 6.54 Å². The molecule has 5 nitrogen and oxygen atoms in total. The van der Waals surface area contributed by atoms with E-state index in [9.17, 15) is 22.8 Å². The van der Waals surface area contributed by atoms with Gasteiger partial charge in [0.15, 0.2) is 0 Å². The number of aromatic nitrogens is 2. The van der Waals surface area contributed by atoms with E-state index in [4.69, 9.17) is 5.11 Å². The van der Waals surface area contributed by atoms with Crippen molar-refractivity contribution in [3.05, 3.63) is 32.9 Å². The third-order valence-corrected chi connectivity index (χ3v) is 3.40. The summed E-state index contributed by atoms with van der Waals surface area (Å²) in [6, 6.07) is 0. The molecule has 0 amide bonds. The van der Waals surface area contributed by atoms with Crippen LogP contribution in [0.5, 0.6) is 0 Å². The molecule has 0 radical (unpaired) electrons. The van der Waals surface area contributed by atoms with Gasteiger partial charge in [-0.1, -0.05) is 0 Å².